The van der Waals surface area contributed by atoms with Gasteiger partial charge in [0.25, 0.3) is 0 Å². The Balaban J connectivity index is 1.58. The van der Waals surface area contributed by atoms with Crippen LogP contribution in [0.15, 0.2) is 24.3 Å². The van der Waals surface area contributed by atoms with Crippen molar-refractivity contribution in [1.29, 1.82) is 0 Å². The molecule has 2 aliphatic rings. The molecule has 1 aliphatic carbocycles. The molecule has 7 heteroatoms. The normalized spacial score (nSPS) is 26.0. The molecule has 0 spiro atoms. The van der Waals surface area contributed by atoms with Crippen LogP contribution in [0, 0.1) is 17.8 Å². The van der Waals surface area contributed by atoms with E-state index in [1.54, 1.807) is 6.07 Å². The van der Waals surface area contributed by atoms with Crippen LogP contribution in [0.5, 0.6) is 0 Å². The second kappa shape index (κ2) is 9.04. The van der Waals surface area contributed by atoms with Crippen LogP contribution in [0.3, 0.4) is 0 Å². The highest BCUT2D eigenvalue weighted by Crippen LogP contribution is 2.39. The number of carbonyl (C=O) groups excluding carboxylic acids is 1. The first-order chi connectivity index (χ1) is 13.7. The highest BCUT2D eigenvalue weighted by Gasteiger charge is 2.43. The summed E-state index contributed by atoms with van der Waals surface area (Å²) in [5.74, 6) is 1.37. The lowest BCUT2D eigenvalue weighted by atomic mass is 9.97. The summed E-state index contributed by atoms with van der Waals surface area (Å²) >= 11 is 0. The number of rotatable bonds is 7. The third kappa shape index (κ3) is 5.51. The van der Waals surface area contributed by atoms with Gasteiger partial charge in [-0.1, -0.05) is 32.0 Å². The third-order valence-corrected chi connectivity index (χ3v) is 6.29. The van der Waals surface area contributed by atoms with Gasteiger partial charge in [0.15, 0.2) is 0 Å². The number of amides is 1. The van der Waals surface area contributed by atoms with Gasteiger partial charge < -0.3 is 10.6 Å². The predicted octanol–water partition coefficient (Wildman–Crippen LogP) is 3.67. The number of alkyl halides is 3. The van der Waals surface area contributed by atoms with Gasteiger partial charge in [-0.2, -0.15) is 13.2 Å². The molecule has 1 amide bonds. The minimum atomic E-state index is -4.31. The van der Waals surface area contributed by atoms with Gasteiger partial charge in [0, 0.05) is 25.7 Å². The number of likely N-dealkylation sites (tertiary alicyclic amines) is 1. The second-order valence-electron chi connectivity index (χ2n) is 8.98. The Morgan fingerprint density at radius 1 is 1.24 bits per heavy atom. The van der Waals surface area contributed by atoms with E-state index in [2.05, 4.69) is 29.4 Å². The molecule has 0 bridgehead atoms. The van der Waals surface area contributed by atoms with E-state index in [9.17, 15) is 18.0 Å². The number of benzene rings is 1. The number of fused-ring (bicyclic) bond motifs is 1. The van der Waals surface area contributed by atoms with Gasteiger partial charge in [-0.25, -0.2) is 0 Å². The van der Waals surface area contributed by atoms with Crippen molar-refractivity contribution in [3.63, 3.8) is 0 Å². The van der Waals surface area contributed by atoms with Crippen molar-refractivity contribution in [3.8, 4) is 0 Å². The van der Waals surface area contributed by atoms with Crippen molar-refractivity contribution in [2.75, 3.05) is 20.1 Å². The van der Waals surface area contributed by atoms with Crippen LogP contribution in [-0.2, 0) is 17.5 Å². The van der Waals surface area contributed by atoms with Gasteiger partial charge in [0.2, 0.25) is 5.91 Å². The molecule has 1 aromatic carbocycles. The number of hydrogen-bond acceptors (Lipinski definition) is 3. The molecule has 4 atom stereocenters. The summed E-state index contributed by atoms with van der Waals surface area (Å²) < 4.78 is 38.9. The zero-order chi connectivity index (χ0) is 21.2. The van der Waals surface area contributed by atoms with Crippen molar-refractivity contribution >= 4 is 5.91 Å². The molecule has 1 aromatic rings. The summed E-state index contributed by atoms with van der Waals surface area (Å²) in [6.45, 7) is 6.43. The fourth-order valence-corrected chi connectivity index (χ4v) is 4.88. The zero-order valence-corrected chi connectivity index (χ0v) is 17.4. The summed E-state index contributed by atoms with van der Waals surface area (Å²) in [4.78, 5) is 14.9. The highest BCUT2D eigenvalue weighted by molar-refractivity contribution is 5.82. The Kier molecular flexibility index (Phi) is 6.89. The smallest absolute Gasteiger partial charge is 0.352 e. The largest absolute Gasteiger partial charge is 0.416 e. The fourth-order valence-electron chi connectivity index (χ4n) is 4.88. The van der Waals surface area contributed by atoms with Crippen LogP contribution in [-0.4, -0.2) is 43.0 Å². The Bertz CT molecular complexity index is 707. The predicted molar refractivity (Wildman–Crippen MR) is 107 cm³/mol. The summed E-state index contributed by atoms with van der Waals surface area (Å²) in [7, 11) is 1.82. The van der Waals surface area contributed by atoms with Gasteiger partial charge in [0.05, 0.1) is 11.6 Å². The summed E-state index contributed by atoms with van der Waals surface area (Å²) in [6, 6.07) is 5.56. The monoisotopic (exact) mass is 411 g/mol. The molecule has 2 fully saturated rings. The average molecular weight is 412 g/mol. The topological polar surface area (TPSA) is 44.4 Å². The number of nitrogens with one attached hydrogen (secondary N) is 2. The van der Waals surface area contributed by atoms with Crippen LogP contribution >= 0.6 is 0 Å². The molecule has 0 aromatic heterocycles. The standard InChI is InChI=1S/C22H32F3N3O/c1-14(2)9-20(26-3)21(29)27-19-8-7-16-12-28(13-18(16)19)11-15-5-4-6-17(10-15)22(23,24)25/h4-6,10,14,16,18-20,26H,7-9,11-13H2,1-3H3,(H,27,29)/t16-,18-,19-,20-/m1/s1. The van der Waals surface area contributed by atoms with Crippen LogP contribution in [0.1, 0.15) is 44.2 Å². The van der Waals surface area contributed by atoms with E-state index in [-0.39, 0.29) is 18.0 Å². The summed E-state index contributed by atoms with van der Waals surface area (Å²) in [5, 5.41) is 6.35. The second-order valence-corrected chi connectivity index (χ2v) is 8.98. The quantitative estimate of drug-likeness (QED) is 0.720. The van der Waals surface area contributed by atoms with Crippen molar-refractivity contribution in [2.24, 2.45) is 17.8 Å². The molecule has 0 radical (unpaired) electrons. The van der Waals surface area contributed by atoms with E-state index in [4.69, 9.17) is 0 Å². The Morgan fingerprint density at radius 3 is 2.66 bits per heavy atom. The van der Waals surface area contributed by atoms with Crippen LogP contribution in [0.4, 0.5) is 13.2 Å². The average Bonchev–Trinajstić information content (AvgIpc) is 3.20. The Hall–Kier alpha value is -1.60. The van der Waals surface area contributed by atoms with Crippen LogP contribution < -0.4 is 10.6 Å². The first kappa shape index (κ1) is 22.1. The first-order valence-corrected chi connectivity index (χ1v) is 10.5. The van der Waals surface area contributed by atoms with E-state index >= 15 is 0 Å². The van der Waals surface area contributed by atoms with Crippen molar-refractivity contribution < 1.29 is 18.0 Å². The van der Waals surface area contributed by atoms with E-state index in [1.807, 2.05) is 7.05 Å². The zero-order valence-electron chi connectivity index (χ0n) is 17.4. The molecule has 1 aliphatic heterocycles. The van der Waals surface area contributed by atoms with E-state index in [1.165, 1.54) is 12.1 Å². The minimum absolute atomic E-state index is 0.0585. The lowest BCUT2D eigenvalue weighted by Crippen LogP contribution is -2.49. The Labute approximate surface area is 171 Å². The number of carbonyl (C=O) groups is 1. The highest BCUT2D eigenvalue weighted by atomic mass is 19.4. The van der Waals surface area contributed by atoms with Gasteiger partial charge in [0.1, 0.15) is 0 Å². The number of nitrogens with zero attached hydrogens (tertiary/aromatic N) is 1. The summed E-state index contributed by atoms with van der Waals surface area (Å²) in [5.41, 5.74) is 0.0929. The van der Waals surface area contributed by atoms with Crippen LogP contribution in [0.2, 0.25) is 0 Å². The maximum Gasteiger partial charge on any atom is 0.416 e. The molecule has 1 saturated carbocycles. The molecular formula is C22H32F3N3O. The summed E-state index contributed by atoms with van der Waals surface area (Å²) in [6.07, 6.45) is -1.47. The first-order valence-electron chi connectivity index (χ1n) is 10.5. The maximum atomic E-state index is 13.0. The number of halogens is 3. The molecule has 162 valence electrons. The van der Waals surface area contributed by atoms with Gasteiger partial charge in [-0.05, 0) is 55.7 Å². The molecule has 3 rings (SSSR count). The minimum Gasteiger partial charge on any atom is -0.352 e. The van der Waals surface area contributed by atoms with Crippen LogP contribution in [0.25, 0.3) is 0 Å². The molecule has 29 heavy (non-hydrogen) atoms. The van der Waals surface area contributed by atoms with Crippen molar-refractivity contribution in [1.82, 2.24) is 15.5 Å². The molecule has 2 N–H and O–H groups in total. The van der Waals surface area contributed by atoms with Gasteiger partial charge in [-0.3, -0.25) is 9.69 Å². The molecule has 0 unspecified atom stereocenters. The number of likely N-dealkylation sites (N-methyl/N-ethyl adjacent to an activating group) is 1. The lowest BCUT2D eigenvalue weighted by molar-refractivity contribution is -0.137. The maximum absolute atomic E-state index is 13.0. The van der Waals surface area contributed by atoms with Crippen molar-refractivity contribution in [2.45, 2.75) is 57.9 Å². The molecule has 1 heterocycles. The fraction of sp³-hybridized carbons (Fsp3) is 0.682. The van der Waals surface area contributed by atoms with E-state index in [0.717, 1.165) is 38.4 Å². The molecule has 1 saturated heterocycles. The van der Waals surface area contributed by atoms with Gasteiger partial charge >= 0.3 is 6.18 Å². The van der Waals surface area contributed by atoms with Gasteiger partial charge in [-0.15, -0.1) is 0 Å². The molecule has 4 nitrogen and oxygen atoms in total. The molecular weight excluding hydrogens is 379 g/mol. The third-order valence-electron chi connectivity index (χ3n) is 6.29. The van der Waals surface area contributed by atoms with Crippen molar-refractivity contribution in [3.05, 3.63) is 35.4 Å². The van der Waals surface area contributed by atoms with E-state index in [0.29, 0.717) is 29.9 Å². The Morgan fingerprint density at radius 2 is 2.00 bits per heavy atom. The lowest BCUT2D eigenvalue weighted by Gasteiger charge is -2.25. The van der Waals surface area contributed by atoms with E-state index < -0.39 is 11.7 Å². The number of hydrogen-bond donors (Lipinski definition) is 2. The SMILES string of the molecule is CN[C@H](CC(C)C)C(=O)N[C@@H]1CC[C@@H]2CN(Cc3cccc(C(F)(F)F)c3)C[C@H]21.